The predicted molar refractivity (Wildman–Crippen MR) is 110 cm³/mol. The molecule has 2 aromatic heterocycles. The van der Waals surface area contributed by atoms with Gasteiger partial charge < -0.3 is 15.8 Å². The Morgan fingerprint density at radius 3 is 3.10 bits per heavy atom. The fourth-order valence-corrected chi connectivity index (χ4v) is 4.60. The fourth-order valence-electron chi connectivity index (χ4n) is 3.37. The molecule has 1 saturated heterocycles. The molecule has 2 aromatic rings. The lowest BCUT2D eigenvalue weighted by molar-refractivity contribution is -0.111. The van der Waals surface area contributed by atoms with Crippen LogP contribution in [0.5, 0.6) is 0 Å². The molecule has 0 bridgehead atoms. The largest absolute Gasteiger partial charge is 0.444 e. The number of nitrogens with one attached hydrogen (secondary N) is 1. The number of ether oxygens (including phenoxy) is 1. The molecule has 0 saturated carbocycles. The molecule has 1 aliphatic carbocycles. The molecule has 2 amide bonds. The summed E-state index contributed by atoms with van der Waals surface area (Å²) >= 11 is 1.44. The molecule has 3 heterocycles. The van der Waals surface area contributed by atoms with Crippen LogP contribution in [0, 0.1) is 0 Å². The molecular weight excluding hydrogens is 392 g/mol. The van der Waals surface area contributed by atoms with Crippen LogP contribution < -0.4 is 11.1 Å². The Morgan fingerprint density at radius 2 is 2.34 bits per heavy atom. The van der Waals surface area contributed by atoms with Gasteiger partial charge in [0.2, 0.25) is 5.91 Å². The van der Waals surface area contributed by atoms with Gasteiger partial charge in [-0.1, -0.05) is 6.07 Å². The van der Waals surface area contributed by atoms with Gasteiger partial charge in [0.25, 0.3) is 0 Å². The molecule has 2 aliphatic rings. The maximum absolute atomic E-state index is 12.3. The monoisotopic (exact) mass is 414 g/mol. The number of thiophene rings is 1. The molecule has 0 aromatic carbocycles. The summed E-state index contributed by atoms with van der Waals surface area (Å²) in [6.07, 6.45) is 8.67. The van der Waals surface area contributed by atoms with Gasteiger partial charge in [0.05, 0.1) is 18.8 Å². The van der Waals surface area contributed by atoms with Gasteiger partial charge in [-0.05, 0) is 42.5 Å². The van der Waals surface area contributed by atoms with Crippen molar-refractivity contribution in [3.05, 3.63) is 46.6 Å². The smallest absolute Gasteiger partial charge is 0.434 e. The highest BCUT2D eigenvalue weighted by Gasteiger charge is 2.30. The quantitative estimate of drug-likeness (QED) is 0.745. The molecule has 8 nitrogen and oxygen atoms in total. The number of carbonyl (C=O) groups excluding carboxylic acids is 2. The average molecular weight is 414 g/mol. The molecule has 9 heteroatoms. The van der Waals surface area contributed by atoms with Crippen LogP contribution in [-0.4, -0.2) is 41.3 Å². The third-order valence-corrected chi connectivity index (χ3v) is 6.02. The number of nitrogens with two attached hydrogens (primary N) is 1. The van der Waals surface area contributed by atoms with Crippen LogP contribution in [0.2, 0.25) is 0 Å². The fraction of sp³-hybridized carbons (Fsp3) is 0.350. The number of hydrogen-bond donors (Lipinski definition) is 2. The van der Waals surface area contributed by atoms with E-state index < -0.39 is 6.09 Å². The predicted octanol–water partition coefficient (Wildman–Crippen LogP) is 3.01. The van der Waals surface area contributed by atoms with Crippen molar-refractivity contribution in [2.75, 3.05) is 24.2 Å². The first-order valence-corrected chi connectivity index (χ1v) is 10.3. The van der Waals surface area contributed by atoms with Crippen molar-refractivity contribution in [2.45, 2.75) is 31.8 Å². The summed E-state index contributed by atoms with van der Waals surface area (Å²) in [6.45, 7) is 1.11. The van der Waals surface area contributed by atoms with E-state index in [0.717, 1.165) is 22.4 Å². The number of nitrogens with zero attached hydrogens (tertiary/aromatic N) is 2. The van der Waals surface area contributed by atoms with Crippen LogP contribution in [0.25, 0.3) is 6.08 Å². The number of hydroxylamine groups is 2. The van der Waals surface area contributed by atoms with Crippen LogP contribution in [0.4, 0.5) is 15.5 Å². The number of pyridine rings is 1. The third kappa shape index (κ3) is 4.57. The van der Waals surface area contributed by atoms with E-state index in [-0.39, 0.29) is 12.0 Å². The number of aromatic nitrogens is 1. The average Bonchev–Trinajstić information content (AvgIpc) is 3.36. The van der Waals surface area contributed by atoms with E-state index >= 15 is 0 Å². The normalized spacial score (nSPS) is 18.6. The molecule has 1 fully saturated rings. The Hall–Kier alpha value is -2.91. The molecule has 1 unspecified atom stereocenters. The lowest BCUT2D eigenvalue weighted by Crippen LogP contribution is -2.33. The maximum atomic E-state index is 12.3. The summed E-state index contributed by atoms with van der Waals surface area (Å²) in [5, 5.41) is 4.76. The van der Waals surface area contributed by atoms with Crippen LogP contribution in [0.15, 0.2) is 30.6 Å². The summed E-state index contributed by atoms with van der Waals surface area (Å²) in [4.78, 5) is 34.7. The molecule has 1 atom stereocenters. The number of carbonyl (C=O) groups is 2. The van der Waals surface area contributed by atoms with Crippen LogP contribution >= 0.6 is 11.3 Å². The highest BCUT2D eigenvalue weighted by molar-refractivity contribution is 7.17. The highest BCUT2D eigenvalue weighted by atomic mass is 32.1. The number of anilines is 2. The lowest BCUT2D eigenvalue weighted by atomic mass is 9.95. The second-order valence-corrected chi connectivity index (χ2v) is 8.00. The molecule has 3 N–H and O–H groups in total. The van der Waals surface area contributed by atoms with Crippen LogP contribution in [0.3, 0.4) is 0 Å². The zero-order chi connectivity index (χ0) is 20.2. The number of fused-ring (bicyclic) bond motifs is 1. The Morgan fingerprint density at radius 1 is 1.45 bits per heavy atom. The molecule has 0 spiro atoms. The van der Waals surface area contributed by atoms with Gasteiger partial charge in [-0.2, -0.15) is 5.06 Å². The standard InChI is InChI=1S/C20H22N4O4S/c21-18-15-6-5-14(28-20(26)24-9-2-10-27-24)11-16(15)29-19(18)23-17(25)7-4-13-3-1-8-22-12-13/h1,3-4,7-8,12,14H,2,5-6,9-11,21H2,(H,23,25)/b7-4+. The summed E-state index contributed by atoms with van der Waals surface area (Å²) < 4.78 is 5.57. The first-order chi connectivity index (χ1) is 14.1. The summed E-state index contributed by atoms with van der Waals surface area (Å²) in [7, 11) is 0. The van der Waals surface area contributed by atoms with Crippen LogP contribution in [-0.2, 0) is 27.2 Å². The molecule has 1 aliphatic heterocycles. The van der Waals surface area contributed by atoms with E-state index in [0.29, 0.717) is 43.1 Å². The molecular formula is C20H22N4O4S. The summed E-state index contributed by atoms with van der Waals surface area (Å²) in [5.74, 6) is -0.256. The van der Waals surface area contributed by atoms with Gasteiger partial charge in [0, 0.05) is 29.8 Å². The Balaban J connectivity index is 1.37. The third-order valence-electron chi connectivity index (χ3n) is 4.83. The van der Waals surface area contributed by atoms with Crippen molar-refractivity contribution >= 4 is 40.1 Å². The molecule has 29 heavy (non-hydrogen) atoms. The first kappa shape index (κ1) is 19.4. The van der Waals surface area contributed by atoms with Crippen molar-refractivity contribution in [3.63, 3.8) is 0 Å². The number of rotatable bonds is 4. The van der Waals surface area contributed by atoms with Crippen molar-refractivity contribution in [1.29, 1.82) is 0 Å². The molecule has 152 valence electrons. The van der Waals surface area contributed by atoms with E-state index in [1.807, 2.05) is 12.1 Å². The van der Waals surface area contributed by atoms with E-state index in [1.165, 1.54) is 22.5 Å². The van der Waals surface area contributed by atoms with Gasteiger partial charge in [-0.25, -0.2) is 4.79 Å². The van der Waals surface area contributed by atoms with Gasteiger partial charge in [-0.15, -0.1) is 11.3 Å². The van der Waals surface area contributed by atoms with Gasteiger partial charge in [-0.3, -0.25) is 14.6 Å². The maximum Gasteiger partial charge on any atom is 0.434 e. The Bertz CT molecular complexity index is 922. The Labute approximate surface area is 172 Å². The summed E-state index contributed by atoms with van der Waals surface area (Å²) in [6, 6.07) is 3.67. The van der Waals surface area contributed by atoms with E-state index in [2.05, 4.69) is 10.3 Å². The topological polar surface area (TPSA) is 107 Å². The van der Waals surface area contributed by atoms with Crippen molar-refractivity contribution in [3.8, 4) is 0 Å². The van der Waals surface area contributed by atoms with E-state index in [9.17, 15) is 9.59 Å². The Kier molecular flexibility index (Phi) is 5.77. The minimum Gasteiger partial charge on any atom is -0.444 e. The molecule has 0 radical (unpaired) electrons. The van der Waals surface area contributed by atoms with Gasteiger partial charge in [0.15, 0.2) is 0 Å². The SMILES string of the molecule is Nc1c(NC(=O)/C=C/c2cccnc2)sc2c1CCC(OC(=O)N1CCCO1)C2. The van der Waals surface area contributed by atoms with Crippen LogP contribution in [0.1, 0.15) is 28.8 Å². The minimum atomic E-state index is -0.436. The lowest BCUT2D eigenvalue weighted by Gasteiger charge is -2.24. The minimum absolute atomic E-state index is 0.216. The second-order valence-electron chi connectivity index (χ2n) is 6.89. The van der Waals surface area contributed by atoms with E-state index in [1.54, 1.807) is 18.5 Å². The first-order valence-electron chi connectivity index (χ1n) is 9.50. The zero-order valence-electron chi connectivity index (χ0n) is 15.8. The van der Waals surface area contributed by atoms with E-state index in [4.69, 9.17) is 15.3 Å². The number of hydrogen-bond acceptors (Lipinski definition) is 7. The van der Waals surface area contributed by atoms with Gasteiger partial charge in [0.1, 0.15) is 11.1 Å². The van der Waals surface area contributed by atoms with Gasteiger partial charge >= 0.3 is 6.09 Å². The highest BCUT2D eigenvalue weighted by Crippen LogP contribution is 2.40. The zero-order valence-corrected chi connectivity index (χ0v) is 16.6. The van der Waals surface area contributed by atoms with Crippen molar-refractivity contribution in [2.24, 2.45) is 0 Å². The van der Waals surface area contributed by atoms with Crippen molar-refractivity contribution in [1.82, 2.24) is 10.0 Å². The number of amides is 2. The molecule has 4 rings (SSSR count). The summed E-state index contributed by atoms with van der Waals surface area (Å²) in [5.41, 5.74) is 8.72. The number of nitrogen functional groups attached to an aromatic ring is 1. The second kappa shape index (κ2) is 8.62. The van der Waals surface area contributed by atoms with Crippen molar-refractivity contribution < 1.29 is 19.2 Å².